The lowest BCUT2D eigenvalue weighted by Gasteiger charge is -2.19. The number of carbonyl (C=O) groups is 1. The lowest BCUT2D eigenvalue weighted by atomic mass is 9.88. The maximum atomic E-state index is 11.7. The van der Waals surface area contributed by atoms with Crippen LogP contribution < -0.4 is 4.74 Å². The van der Waals surface area contributed by atoms with E-state index in [-0.39, 0.29) is 18.7 Å². The highest BCUT2D eigenvalue weighted by Crippen LogP contribution is 2.33. The van der Waals surface area contributed by atoms with Gasteiger partial charge in [-0.05, 0) is 107 Å². The first kappa shape index (κ1) is 26.1. The number of hydrogen-bond donors (Lipinski definition) is 0. The van der Waals surface area contributed by atoms with Gasteiger partial charge in [0.1, 0.15) is 5.75 Å². The van der Waals surface area contributed by atoms with Gasteiger partial charge < -0.3 is 9.47 Å². The third-order valence-electron chi connectivity index (χ3n) is 6.62. The average molecular weight is 445 g/mol. The third kappa shape index (κ3) is 5.26. The Balaban J connectivity index is 2.52. The molecule has 2 aromatic rings. The maximum Gasteiger partial charge on any atom is 0.311 e. The van der Waals surface area contributed by atoms with Gasteiger partial charge in [0.15, 0.2) is 0 Å². The zero-order valence-corrected chi connectivity index (χ0v) is 22.0. The van der Waals surface area contributed by atoms with Gasteiger partial charge in [0.05, 0.1) is 5.92 Å². The maximum absolute atomic E-state index is 11.7. The minimum absolute atomic E-state index is 0.0907. The van der Waals surface area contributed by atoms with Crippen LogP contribution in [0.2, 0.25) is 0 Å². The molecule has 3 heteroatoms. The predicted octanol–water partition coefficient (Wildman–Crippen LogP) is 6.46. The summed E-state index contributed by atoms with van der Waals surface area (Å²) in [5, 5.41) is 0. The van der Waals surface area contributed by atoms with E-state index in [1.54, 1.807) is 13.8 Å². The molecule has 0 heterocycles. The second-order valence-corrected chi connectivity index (χ2v) is 8.96. The number of esters is 1. The largest absolute Gasteiger partial charge is 0.457 e. The fourth-order valence-electron chi connectivity index (χ4n) is 3.93. The van der Waals surface area contributed by atoms with E-state index in [0.717, 1.165) is 44.7 Å². The van der Waals surface area contributed by atoms with Crippen LogP contribution in [0.25, 0.3) is 0 Å². The van der Waals surface area contributed by atoms with Crippen molar-refractivity contribution in [2.24, 2.45) is 5.92 Å². The lowest BCUT2D eigenvalue weighted by Crippen LogP contribution is -2.16. The molecule has 0 saturated heterocycles. The Labute approximate surface area is 199 Å². The molecule has 0 atom stereocenters. The molecule has 0 unspecified atom stereocenters. The van der Waals surface area contributed by atoms with Crippen LogP contribution in [0, 0.1) is 85.0 Å². The zero-order valence-electron chi connectivity index (χ0n) is 22.0. The van der Waals surface area contributed by atoms with Crippen molar-refractivity contribution in [1.82, 2.24) is 0 Å². The van der Waals surface area contributed by atoms with Crippen molar-refractivity contribution in [2.45, 2.75) is 76.2 Å². The van der Waals surface area contributed by atoms with Crippen LogP contribution in [0.15, 0.2) is 0 Å². The Bertz CT molecular complexity index is 1160. The van der Waals surface area contributed by atoms with Gasteiger partial charge in [0.25, 0.3) is 0 Å². The van der Waals surface area contributed by atoms with Crippen molar-refractivity contribution >= 4 is 5.97 Å². The second-order valence-electron chi connectivity index (χ2n) is 8.96. The molecule has 0 fully saturated rings. The monoisotopic (exact) mass is 444 g/mol. The van der Waals surface area contributed by atoms with Gasteiger partial charge in [0.2, 0.25) is 6.79 Å². The summed E-state index contributed by atoms with van der Waals surface area (Å²) in [5.41, 5.74) is 12.1. The smallest absolute Gasteiger partial charge is 0.311 e. The predicted molar refractivity (Wildman–Crippen MR) is 136 cm³/mol. The van der Waals surface area contributed by atoms with Crippen molar-refractivity contribution < 1.29 is 14.3 Å². The normalized spacial score (nSPS) is 10.3. The number of benzene rings is 2. The van der Waals surface area contributed by atoms with Gasteiger partial charge in [-0.15, -0.1) is 5.92 Å². The molecule has 2 aromatic carbocycles. The van der Waals surface area contributed by atoms with Crippen molar-refractivity contribution in [3.63, 3.8) is 0 Å². The fraction of sp³-hybridized carbons (Fsp3) is 0.433. The van der Waals surface area contributed by atoms with Gasteiger partial charge in [0, 0.05) is 16.7 Å². The summed E-state index contributed by atoms with van der Waals surface area (Å²) in [6, 6.07) is 0. The molecule has 0 aliphatic carbocycles. The van der Waals surface area contributed by atoms with E-state index in [9.17, 15) is 4.79 Å². The highest BCUT2D eigenvalue weighted by molar-refractivity contribution is 5.71. The van der Waals surface area contributed by atoms with Crippen LogP contribution >= 0.6 is 0 Å². The Hall–Kier alpha value is -3.17. The number of carbonyl (C=O) groups excluding carboxylic acids is 1. The number of hydrogen-bond acceptors (Lipinski definition) is 3. The van der Waals surface area contributed by atoms with Gasteiger partial charge in [-0.3, -0.25) is 4.79 Å². The van der Waals surface area contributed by atoms with Gasteiger partial charge in [-0.1, -0.05) is 31.6 Å². The van der Waals surface area contributed by atoms with Crippen LogP contribution in [0.1, 0.15) is 82.0 Å². The van der Waals surface area contributed by atoms with E-state index in [2.05, 4.69) is 65.2 Å². The topological polar surface area (TPSA) is 35.5 Å². The van der Waals surface area contributed by atoms with Gasteiger partial charge in [-0.25, -0.2) is 0 Å². The van der Waals surface area contributed by atoms with Crippen LogP contribution in [0.5, 0.6) is 5.75 Å². The third-order valence-corrected chi connectivity index (χ3v) is 6.62. The van der Waals surface area contributed by atoms with Crippen LogP contribution in [0.3, 0.4) is 0 Å². The van der Waals surface area contributed by atoms with E-state index in [1.807, 2.05) is 20.8 Å². The summed E-state index contributed by atoms with van der Waals surface area (Å²) >= 11 is 0. The van der Waals surface area contributed by atoms with E-state index in [4.69, 9.17) is 9.47 Å². The Morgan fingerprint density at radius 2 is 1.03 bits per heavy atom. The summed E-state index contributed by atoms with van der Waals surface area (Å²) < 4.78 is 11.1. The van der Waals surface area contributed by atoms with Crippen molar-refractivity contribution in [1.29, 1.82) is 0 Å². The van der Waals surface area contributed by atoms with Gasteiger partial charge in [-0.2, -0.15) is 0 Å². The molecule has 2 rings (SSSR count). The highest BCUT2D eigenvalue weighted by atomic mass is 16.7. The molecule has 0 bridgehead atoms. The molecule has 0 radical (unpaired) electrons. The molecule has 0 saturated carbocycles. The highest BCUT2D eigenvalue weighted by Gasteiger charge is 2.17. The summed E-state index contributed by atoms with van der Waals surface area (Å²) in [6.45, 7) is 22.0. The first-order chi connectivity index (χ1) is 15.4. The number of ether oxygens (including phenoxy) is 2. The molecule has 0 N–H and O–H groups in total. The van der Waals surface area contributed by atoms with Crippen LogP contribution in [-0.4, -0.2) is 12.8 Å². The molecular weight excluding hydrogens is 408 g/mol. The molecule has 0 amide bonds. The summed E-state index contributed by atoms with van der Waals surface area (Å²) in [7, 11) is 0. The quantitative estimate of drug-likeness (QED) is 0.308. The Kier molecular flexibility index (Phi) is 8.40. The van der Waals surface area contributed by atoms with E-state index in [1.165, 1.54) is 22.3 Å². The minimum atomic E-state index is -0.270. The molecule has 174 valence electrons. The second kappa shape index (κ2) is 10.6. The van der Waals surface area contributed by atoms with Crippen LogP contribution in [0.4, 0.5) is 0 Å². The molecule has 0 aliphatic rings. The van der Waals surface area contributed by atoms with Crippen molar-refractivity contribution in [3.8, 4) is 29.4 Å². The average Bonchev–Trinajstić information content (AvgIpc) is 2.78. The Morgan fingerprint density at radius 3 is 1.39 bits per heavy atom. The fourth-order valence-corrected chi connectivity index (χ4v) is 3.93. The SMILES string of the molecule is CC#Cc1c(C)c(C)c(C#Cc2c(C)c(C)c(OCOC(=O)C(C)C)c(C)c2C)c(C)c1C. The number of rotatable bonds is 4. The van der Waals surface area contributed by atoms with Crippen molar-refractivity contribution in [2.75, 3.05) is 6.79 Å². The molecule has 0 aliphatic heterocycles. The van der Waals surface area contributed by atoms with Gasteiger partial charge >= 0.3 is 5.97 Å². The lowest BCUT2D eigenvalue weighted by molar-refractivity contribution is -0.154. The minimum Gasteiger partial charge on any atom is -0.457 e. The zero-order chi connectivity index (χ0) is 25.0. The molecule has 3 nitrogen and oxygen atoms in total. The first-order valence-corrected chi connectivity index (χ1v) is 11.4. The van der Waals surface area contributed by atoms with E-state index >= 15 is 0 Å². The van der Waals surface area contributed by atoms with E-state index < -0.39 is 0 Å². The molecule has 0 aromatic heterocycles. The first-order valence-electron chi connectivity index (χ1n) is 11.4. The molecule has 33 heavy (non-hydrogen) atoms. The standard InChI is InChI=1S/C30H36O3/c1-12-13-26-18(4)20(6)27(21(7)19(26)5)14-15-28-22(8)24(10)29(25(11)23(28)9)32-16-33-30(31)17(2)3/h17H,16H2,1-11H3. The summed E-state index contributed by atoms with van der Waals surface area (Å²) in [6.07, 6.45) is 0. The molecular formula is C30H36O3. The van der Waals surface area contributed by atoms with Crippen molar-refractivity contribution in [3.05, 3.63) is 61.2 Å². The summed E-state index contributed by atoms with van der Waals surface area (Å²) in [5.74, 6) is 13.5. The van der Waals surface area contributed by atoms with E-state index in [0.29, 0.717) is 0 Å². The van der Waals surface area contributed by atoms with Crippen LogP contribution in [-0.2, 0) is 9.53 Å². The Morgan fingerprint density at radius 1 is 0.667 bits per heavy atom. The molecule has 0 spiro atoms. The summed E-state index contributed by atoms with van der Waals surface area (Å²) in [4.78, 5) is 11.7.